The summed E-state index contributed by atoms with van der Waals surface area (Å²) in [6.45, 7) is 0. The fraction of sp³-hybridized carbons (Fsp3) is 0.150. The fourth-order valence-electron chi connectivity index (χ4n) is 3.00. The van der Waals surface area contributed by atoms with Crippen molar-refractivity contribution >= 4 is 41.1 Å². The molecule has 2 nitrogen and oxygen atoms in total. The largest absolute Gasteiger partial charge is 0.465 e. The third kappa shape index (κ3) is 3.14. The Morgan fingerprint density at radius 1 is 1.16 bits per heavy atom. The van der Waals surface area contributed by atoms with Crippen molar-refractivity contribution in [3.63, 3.8) is 0 Å². The molecule has 0 saturated heterocycles. The Morgan fingerprint density at radius 2 is 2.04 bits per heavy atom. The number of allylic oxidation sites excluding steroid dienone is 3. The molecule has 126 valence electrons. The number of fused-ring (bicyclic) bond motifs is 1. The normalized spacial score (nSPS) is 15.6. The molecule has 0 spiro atoms. The summed E-state index contributed by atoms with van der Waals surface area (Å²) >= 11 is 9.83. The number of halogens is 1. The lowest BCUT2D eigenvalue weighted by Gasteiger charge is -2.25. The molecule has 2 aliphatic rings. The predicted molar refractivity (Wildman–Crippen MR) is 105 cm³/mol. The molecule has 0 amide bonds. The Hall–Kier alpha value is -1.62. The van der Waals surface area contributed by atoms with Gasteiger partial charge in [-0.2, -0.15) is 0 Å². The minimum atomic E-state index is -0.349. The maximum Gasteiger partial charge on any atom is 0.338 e. The zero-order chi connectivity index (χ0) is 17.4. The second kappa shape index (κ2) is 6.94. The molecule has 2 aromatic rings. The quantitative estimate of drug-likeness (QED) is 0.546. The molecule has 0 bridgehead atoms. The zero-order valence-corrected chi connectivity index (χ0v) is 15.9. The molecule has 0 fully saturated rings. The predicted octanol–water partition coefficient (Wildman–Crippen LogP) is 6.55. The third-order valence-electron chi connectivity index (χ3n) is 4.18. The molecular formula is C20H15ClO2S2. The van der Waals surface area contributed by atoms with E-state index in [4.69, 9.17) is 16.3 Å². The molecule has 5 heteroatoms. The molecule has 2 aromatic carbocycles. The standard InChI is InChI=1S/C20H15ClO2S2/c1-23-20(22)14-10-9-12(21)11-15(14)13-5-4-8-18-19(13)25-17-7-3-2-6-16(17)24-18/h2,4-6,8-11H,3,7H2,1H3. The van der Waals surface area contributed by atoms with Gasteiger partial charge in [-0.15, -0.1) is 0 Å². The first kappa shape index (κ1) is 16.8. The maximum atomic E-state index is 12.2. The van der Waals surface area contributed by atoms with Crippen LogP contribution in [-0.4, -0.2) is 13.1 Å². The molecule has 0 radical (unpaired) electrons. The lowest BCUT2D eigenvalue weighted by molar-refractivity contribution is 0.0601. The van der Waals surface area contributed by atoms with Crippen LogP contribution in [0.2, 0.25) is 5.02 Å². The van der Waals surface area contributed by atoms with Gasteiger partial charge in [0.1, 0.15) is 0 Å². The van der Waals surface area contributed by atoms with Crippen molar-refractivity contribution in [3.05, 3.63) is 68.9 Å². The summed E-state index contributed by atoms with van der Waals surface area (Å²) in [4.78, 5) is 17.4. The van der Waals surface area contributed by atoms with Gasteiger partial charge in [0.2, 0.25) is 0 Å². The first-order valence-electron chi connectivity index (χ1n) is 7.94. The van der Waals surface area contributed by atoms with E-state index in [2.05, 4.69) is 24.3 Å². The molecular weight excluding hydrogens is 372 g/mol. The highest BCUT2D eigenvalue weighted by Gasteiger charge is 2.24. The summed E-state index contributed by atoms with van der Waals surface area (Å²) in [5.74, 6) is -0.349. The van der Waals surface area contributed by atoms with E-state index in [1.165, 1.54) is 26.7 Å². The van der Waals surface area contributed by atoms with Gasteiger partial charge in [-0.3, -0.25) is 0 Å². The van der Waals surface area contributed by atoms with E-state index < -0.39 is 0 Å². The number of esters is 1. The summed E-state index contributed by atoms with van der Waals surface area (Å²) in [5.41, 5.74) is 2.38. The van der Waals surface area contributed by atoms with Crippen molar-refractivity contribution in [3.8, 4) is 11.1 Å². The summed E-state index contributed by atoms with van der Waals surface area (Å²) < 4.78 is 4.96. The third-order valence-corrected chi connectivity index (χ3v) is 7.15. The summed E-state index contributed by atoms with van der Waals surface area (Å²) in [5, 5.41) is 0.606. The number of hydrogen-bond acceptors (Lipinski definition) is 4. The van der Waals surface area contributed by atoms with Gasteiger partial charge in [-0.1, -0.05) is 59.4 Å². The molecule has 1 aliphatic heterocycles. The number of carbonyl (C=O) groups excluding carboxylic acids is 1. The van der Waals surface area contributed by atoms with E-state index in [0.717, 1.165) is 24.0 Å². The molecule has 25 heavy (non-hydrogen) atoms. The number of rotatable bonds is 2. The lowest BCUT2D eigenvalue weighted by atomic mass is 9.99. The van der Waals surface area contributed by atoms with Gasteiger partial charge >= 0.3 is 5.97 Å². The monoisotopic (exact) mass is 386 g/mol. The Balaban J connectivity index is 1.87. The molecule has 0 saturated carbocycles. The van der Waals surface area contributed by atoms with Crippen molar-refractivity contribution in [1.29, 1.82) is 0 Å². The highest BCUT2D eigenvalue weighted by Crippen LogP contribution is 2.53. The minimum absolute atomic E-state index is 0.349. The van der Waals surface area contributed by atoms with Gasteiger partial charge in [-0.05, 0) is 48.2 Å². The summed E-state index contributed by atoms with van der Waals surface area (Å²) in [7, 11) is 1.40. The molecule has 1 heterocycles. The molecule has 1 aliphatic carbocycles. The number of hydrogen-bond donors (Lipinski definition) is 0. The molecule has 0 N–H and O–H groups in total. The zero-order valence-electron chi connectivity index (χ0n) is 13.5. The average molecular weight is 387 g/mol. The molecule has 0 unspecified atom stereocenters. The van der Waals surface area contributed by atoms with Gasteiger partial charge in [0.25, 0.3) is 0 Å². The van der Waals surface area contributed by atoms with Gasteiger partial charge in [0, 0.05) is 24.6 Å². The smallest absolute Gasteiger partial charge is 0.338 e. The maximum absolute atomic E-state index is 12.2. The fourth-order valence-corrected chi connectivity index (χ4v) is 5.73. The van der Waals surface area contributed by atoms with Crippen molar-refractivity contribution in [2.45, 2.75) is 22.6 Å². The van der Waals surface area contributed by atoms with Crippen LogP contribution in [0.3, 0.4) is 0 Å². The summed E-state index contributed by atoms with van der Waals surface area (Å²) in [6.07, 6.45) is 6.59. The summed E-state index contributed by atoms with van der Waals surface area (Å²) in [6, 6.07) is 11.5. The molecule has 0 atom stereocenters. The Labute approximate surface area is 160 Å². The van der Waals surface area contributed by atoms with Crippen LogP contribution in [0.25, 0.3) is 11.1 Å². The number of ether oxygens (including phenoxy) is 1. The van der Waals surface area contributed by atoms with Crippen LogP contribution in [-0.2, 0) is 4.74 Å². The van der Waals surface area contributed by atoms with E-state index in [-0.39, 0.29) is 5.97 Å². The van der Waals surface area contributed by atoms with Crippen molar-refractivity contribution in [2.24, 2.45) is 0 Å². The van der Waals surface area contributed by atoms with Crippen LogP contribution in [0.1, 0.15) is 23.2 Å². The van der Waals surface area contributed by atoms with Crippen molar-refractivity contribution in [2.75, 3.05) is 7.11 Å². The van der Waals surface area contributed by atoms with Crippen LogP contribution in [0, 0.1) is 0 Å². The second-order valence-electron chi connectivity index (χ2n) is 5.75. The highest BCUT2D eigenvalue weighted by molar-refractivity contribution is 8.09. The van der Waals surface area contributed by atoms with Crippen molar-refractivity contribution < 1.29 is 9.53 Å². The van der Waals surface area contributed by atoms with Gasteiger partial charge < -0.3 is 4.74 Å². The second-order valence-corrected chi connectivity index (χ2v) is 8.37. The lowest BCUT2D eigenvalue weighted by Crippen LogP contribution is -2.04. The van der Waals surface area contributed by atoms with E-state index >= 15 is 0 Å². The van der Waals surface area contributed by atoms with Crippen LogP contribution in [0.4, 0.5) is 0 Å². The van der Waals surface area contributed by atoms with E-state index in [0.29, 0.717) is 10.6 Å². The van der Waals surface area contributed by atoms with Crippen LogP contribution in [0.15, 0.2) is 68.2 Å². The minimum Gasteiger partial charge on any atom is -0.465 e. The number of thioether (sulfide) groups is 2. The van der Waals surface area contributed by atoms with Gasteiger partial charge in [-0.25, -0.2) is 4.79 Å². The topological polar surface area (TPSA) is 26.3 Å². The van der Waals surface area contributed by atoms with Crippen molar-refractivity contribution in [1.82, 2.24) is 0 Å². The average Bonchev–Trinajstić information content (AvgIpc) is 2.65. The first-order valence-corrected chi connectivity index (χ1v) is 9.95. The first-order chi connectivity index (χ1) is 12.2. The van der Waals surface area contributed by atoms with Gasteiger partial charge in [0.15, 0.2) is 0 Å². The van der Waals surface area contributed by atoms with Crippen LogP contribution < -0.4 is 0 Å². The number of benzene rings is 2. The Bertz CT molecular complexity index is 931. The SMILES string of the molecule is COC(=O)c1ccc(Cl)cc1-c1cccc2c1SC1=C(C=CCC1)S2. The van der Waals surface area contributed by atoms with E-state index in [1.807, 2.05) is 23.9 Å². The van der Waals surface area contributed by atoms with Crippen LogP contribution >= 0.6 is 35.1 Å². The molecule has 0 aromatic heterocycles. The molecule has 4 rings (SSSR count). The Kier molecular flexibility index (Phi) is 4.67. The number of methoxy groups -OCH3 is 1. The van der Waals surface area contributed by atoms with Gasteiger partial charge in [0.05, 0.1) is 12.7 Å². The van der Waals surface area contributed by atoms with E-state index in [1.54, 1.807) is 23.9 Å². The van der Waals surface area contributed by atoms with E-state index in [9.17, 15) is 4.79 Å². The Morgan fingerprint density at radius 3 is 2.88 bits per heavy atom. The highest BCUT2D eigenvalue weighted by atomic mass is 35.5. The van der Waals surface area contributed by atoms with Crippen LogP contribution in [0.5, 0.6) is 0 Å². The number of carbonyl (C=O) groups is 1.